The van der Waals surface area contributed by atoms with E-state index in [1.54, 1.807) is 85.7 Å². The monoisotopic (exact) mass is 1800 g/mol. The van der Waals surface area contributed by atoms with E-state index in [0.29, 0.717) is 11.8 Å². The fourth-order valence-electron chi connectivity index (χ4n) is 29.8. The van der Waals surface area contributed by atoms with Crippen molar-refractivity contribution in [3.63, 3.8) is 0 Å². The fourth-order valence-corrected chi connectivity index (χ4v) is 29.8. The molecule has 6 unspecified atom stereocenters. The van der Waals surface area contributed by atoms with Gasteiger partial charge >= 0.3 is 0 Å². The first-order valence-corrected chi connectivity index (χ1v) is 52.6. The minimum absolute atomic E-state index is 0. The van der Waals surface area contributed by atoms with Crippen LogP contribution in [0.4, 0.5) is 0 Å². The van der Waals surface area contributed by atoms with Crippen LogP contribution >= 0.6 is 0 Å². The van der Waals surface area contributed by atoms with E-state index in [4.69, 9.17) is 19.7 Å². The molecule has 20 bridgehead atoms. The van der Waals surface area contributed by atoms with Gasteiger partial charge in [0, 0.05) is 65.4 Å². The summed E-state index contributed by atoms with van der Waals surface area (Å²) in [6.07, 6.45) is 47.6. The van der Waals surface area contributed by atoms with Gasteiger partial charge in [0.1, 0.15) is 0 Å². The molecule has 0 aromatic heterocycles. The van der Waals surface area contributed by atoms with E-state index in [9.17, 15) is 0 Å². The first-order valence-electron chi connectivity index (χ1n) is 52.6. The first kappa shape index (κ1) is 106. The van der Waals surface area contributed by atoms with Gasteiger partial charge in [-0.1, -0.05) is 339 Å². The molecule has 0 amide bonds. The van der Waals surface area contributed by atoms with Crippen molar-refractivity contribution in [3.05, 3.63) is 214 Å². The maximum atomic E-state index is 6.10. The Morgan fingerprint density at radius 2 is 0.516 bits per heavy atom. The number of rotatable bonds is 1. The Kier molecular flexibility index (Phi) is 44.5. The molecule has 6 atom stereocenters. The zero-order chi connectivity index (χ0) is 87.2. The molecular weight excluding hydrogens is 1620 g/mol. The Morgan fingerprint density at radius 1 is 0.262 bits per heavy atom. The van der Waals surface area contributed by atoms with E-state index in [1.165, 1.54) is 183 Å². The molecular formula is C120H178Y2-4. The van der Waals surface area contributed by atoms with E-state index in [-0.39, 0.29) is 65.4 Å². The van der Waals surface area contributed by atoms with E-state index >= 15 is 0 Å². The average molecular weight is 1800 g/mol. The molecule has 1 spiro atoms. The quantitative estimate of drug-likeness (QED) is 0.144. The largest absolute Gasteiger partial charge is 0.394 e. The van der Waals surface area contributed by atoms with Crippen LogP contribution in [-0.2, 0) is 65.4 Å². The zero-order valence-electron chi connectivity index (χ0n) is 82.9. The van der Waals surface area contributed by atoms with Gasteiger partial charge in [-0.25, -0.2) is 0 Å². The van der Waals surface area contributed by atoms with Crippen LogP contribution in [0.5, 0.6) is 0 Å². The molecule has 0 nitrogen and oxygen atoms in total. The Balaban J connectivity index is 0.000000192. The van der Waals surface area contributed by atoms with Gasteiger partial charge in [-0.05, 0) is 336 Å². The summed E-state index contributed by atoms with van der Waals surface area (Å²) >= 11 is 0. The van der Waals surface area contributed by atoms with Crippen molar-refractivity contribution in [2.24, 2.45) is 112 Å². The van der Waals surface area contributed by atoms with Gasteiger partial charge in [-0.3, -0.25) is 0 Å². The molecule has 15 fully saturated rings. The summed E-state index contributed by atoms with van der Waals surface area (Å²) in [4.78, 5) is 0. The van der Waals surface area contributed by atoms with Crippen LogP contribution in [0, 0.1) is 138 Å². The third kappa shape index (κ3) is 21.5. The predicted octanol–water partition coefficient (Wildman–Crippen LogP) is 37.1. The second kappa shape index (κ2) is 51.4. The summed E-state index contributed by atoms with van der Waals surface area (Å²) in [5.41, 5.74) is 21.2. The molecule has 0 N–H and O–H groups in total. The van der Waals surface area contributed by atoms with E-state index in [0.717, 1.165) is 147 Å². The Bertz CT molecular complexity index is 3920. The van der Waals surface area contributed by atoms with E-state index in [2.05, 4.69) is 127 Å². The van der Waals surface area contributed by atoms with Crippen LogP contribution in [0.1, 0.15) is 432 Å². The van der Waals surface area contributed by atoms with Crippen molar-refractivity contribution >= 4 is 32.7 Å². The molecule has 0 saturated heterocycles. The maximum absolute atomic E-state index is 6.10. The van der Waals surface area contributed by atoms with Gasteiger partial charge in [0.2, 0.25) is 0 Å². The third-order valence-corrected chi connectivity index (χ3v) is 32.5. The summed E-state index contributed by atoms with van der Waals surface area (Å²) in [5, 5.41) is 6.11. The Morgan fingerprint density at radius 3 is 0.836 bits per heavy atom. The molecule has 2 radical (unpaired) electrons. The molecule has 0 heterocycles. The molecule has 2 heteroatoms. The number of allylic oxidation sites excluding steroid dienone is 7. The Labute approximate surface area is 804 Å². The normalized spacial score (nSPS) is 33.9. The Hall–Kier alpha value is -3.25. The summed E-state index contributed by atoms with van der Waals surface area (Å²) in [5.74, 6) is 22.2. The number of benzene rings is 6. The molecule has 31 rings (SSSR count). The number of hydrogen-bond acceptors (Lipinski definition) is 0. The first-order chi connectivity index (χ1) is 59.2. The molecule has 0 aliphatic heterocycles. The number of fused-ring (bicyclic) bond motifs is 4. The van der Waals surface area contributed by atoms with Gasteiger partial charge in [0.15, 0.2) is 0 Å². The van der Waals surface area contributed by atoms with Gasteiger partial charge in [-0.2, -0.15) is 0 Å². The van der Waals surface area contributed by atoms with Crippen LogP contribution in [0.15, 0.2) is 144 Å². The third-order valence-electron chi connectivity index (χ3n) is 32.5. The average Bonchev–Trinajstić information content (AvgIpc) is 1.48. The molecule has 25 aliphatic rings. The molecule has 6 aromatic carbocycles. The van der Waals surface area contributed by atoms with Crippen LogP contribution < -0.4 is 0 Å². The van der Waals surface area contributed by atoms with Crippen LogP contribution in [0.25, 0.3) is 32.7 Å². The van der Waals surface area contributed by atoms with Crippen molar-refractivity contribution in [1.82, 2.24) is 0 Å². The zero-order valence-corrected chi connectivity index (χ0v) is 88.6. The SMILES string of the molecule is CC.CC.CC.CC.CC.CC.CC.CC.CC.CC.CC.CC.[CH-]=C1C(=[CH-])C2CC3CC(CC1C3)C2.[CH-]=CC1=[C-]C2CC3CC(C2)CC1C3.[Y].[Y].c1cc2c3c(cccc3c1)C1=C2C2CC3CC(C2)CC1C3.c1cc2c3c(cccc3c1)C1CC3CC(CC2C3)C1.c1ccc2c(c1)C1CC3CC(C1)CC2C3.c1ccc2c(c1)C1CC3CCC4CC2C341. The van der Waals surface area contributed by atoms with E-state index < -0.39 is 0 Å². The van der Waals surface area contributed by atoms with Gasteiger partial charge in [-0.15, -0.1) is 23.7 Å². The fraction of sp³-hybridized carbons (Fsp3) is 0.650. The minimum Gasteiger partial charge on any atom is -0.394 e. The van der Waals surface area contributed by atoms with Crippen molar-refractivity contribution < 1.29 is 65.4 Å². The van der Waals surface area contributed by atoms with Gasteiger partial charge < -0.3 is 48.6 Å². The van der Waals surface area contributed by atoms with Gasteiger partial charge in [0.05, 0.1) is 0 Å². The molecule has 6 aromatic rings. The van der Waals surface area contributed by atoms with Gasteiger partial charge in [0.25, 0.3) is 0 Å². The van der Waals surface area contributed by atoms with Crippen molar-refractivity contribution in [2.75, 3.05) is 0 Å². The summed E-state index contributed by atoms with van der Waals surface area (Å²) in [7, 11) is 0. The molecule has 122 heavy (non-hydrogen) atoms. The second-order valence-electron chi connectivity index (χ2n) is 37.3. The minimum atomic E-state index is 0. The maximum Gasteiger partial charge on any atom is 0 e. The summed E-state index contributed by atoms with van der Waals surface area (Å²) in [6.45, 7) is 65.9. The van der Waals surface area contributed by atoms with Crippen LogP contribution in [0.2, 0.25) is 0 Å². The van der Waals surface area contributed by atoms with E-state index in [1.807, 2.05) is 172 Å². The summed E-state index contributed by atoms with van der Waals surface area (Å²) < 4.78 is 0. The van der Waals surface area contributed by atoms with Crippen molar-refractivity contribution in [1.29, 1.82) is 0 Å². The van der Waals surface area contributed by atoms with Crippen molar-refractivity contribution in [2.45, 2.75) is 388 Å². The molecule has 668 valence electrons. The molecule has 25 aliphatic carbocycles. The number of hydrogen-bond donors (Lipinski definition) is 0. The standard InChI is InChI=1S/C21H20.C19H20.C15H16.C15H18.2C13H16.12C2H6.2Y/c1-3-14-4-2-6-18-19(14)17(5-1)20-15-8-12-7-13(9-15)11-16(10-12)21(18)20;1-3-14-4-2-6-18-16-10-12-7-13(11-16)9-15(8-12)17(5-1)19(14)18;1-2-4-12-11(3-1)13-7-9-5-6-10-8-14(12)15(9,10)13;1-2-4-15-13-8-10-5-11(9-13)7-12(6-10)14(15)3-1;1-8-9(2)13-6-10-3-11(7-13)5-12(8)4-10;1-2-12-6-9-3-10-5-11(4-9)8-13(12)7-10;12*1-2;;/h1-6,12-13,15-16H,7-11H2;1-6,12-13,15-16H,7-11H2;1-4,9-10,13-14H,5-8H2;1-4,10-13H,5-9H2;1-2,10-13H,3-7H2;1-2,9-11,13H,3-5,7-8H2;12*1-2H3;;/q;;;;2*-2;;;;;;;;;;;;;;. The molecule has 15 saturated carbocycles. The van der Waals surface area contributed by atoms with Crippen LogP contribution in [0.3, 0.4) is 0 Å². The van der Waals surface area contributed by atoms with Crippen LogP contribution in [-0.4, -0.2) is 0 Å². The summed E-state index contributed by atoms with van der Waals surface area (Å²) in [6, 6.07) is 46.6. The smallest absolute Gasteiger partial charge is 0 e. The second-order valence-corrected chi connectivity index (χ2v) is 37.3. The van der Waals surface area contributed by atoms with Crippen molar-refractivity contribution in [3.8, 4) is 0 Å². The predicted molar refractivity (Wildman–Crippen MR) is 531 cm³/mol. The topological polar surface area (TPSA) is 0 Å².